The third-order valence-electron chi connectivity index (χ3n) is 3.74. The van der Waals surface area contributed by atoms with E-state index >= 15 is 0 Å². The first-order valence-electron chi connectivity index (χ1n) is 7.38. The minimum Gasteiger partial charge on any atom is -0.439 e. The van der Waals surface area contributed by atoms with E-state index < -0.39 is 0 Å². The Balaban J connectivity index is 0.000000637. The van der Waals surface area contributed by atoms with E-state index in [1.807, 2.05) is 49.1 Å². The quantitative estimate of drug-likeness (QED) is 0.760. The van der Waals surface area contributed by atoms with Crippen LogP contribution in [-0.2, 0) is 4.74 Å². The molecule has 0 aliphatic carbocycles. The molecule has 2 fully saturated rings. The number of carbonyl (C=O) groups excluding carboxylic acids is 1. The molecule has 3 rings (SSSR count). The molecule has 0 spiro atoms. The van der Waals surface area contributed by atoms with E-state index in [1.165, 1.54) is 12.8 Å². The number of amides is 1. The normalized spacial score (nSPS) is 25.8. The van der Waals surface area contributed by atoms with Crippen molar-refractivity contribution in [3.63, 3.8) is 0 Å². The van der Waals surface area contributed by atoms with Crippen molar-refractivity contribution in [2.75, 3.05) is 6.54 Å². The fourth-order valence-corrected chi connectivity index (χ4v) is 2.86. The lowest BCUT2D eigenvalue weighted by molar-refractivity contribution is 0.128. The van der Waals surface area contributed by atoms with E-state index in [0.717, 1.165) is 24.9 Å². The average molecular weight is 261 g/mol. The highest BCUT2D eigenvalue weighted by Crippen LogP contribution is 2.36. The fourth-order valence-electron chi connectivity index (χ4n) is 2.86. The Hall–Kier alpha value is -1.51. The second-order valence-corrected chi connectivity index (χ2v) is 4.83. The van der Waals surface area contributed by atoms with Gasteiger partial charge in [0.2, 0.25) is 0 Å². The van der Waals surface area contributed by atoms with Crippen LogP contribution in [0, 0.1) is 0 Å². The smallest absolute Gasteiger partial charge is 0.410 e. The Kier molecular flexibility index (Phi) is 4.83. The lowest BCUT2D eigenvalue weighted by Crippen LogP contribution is -2.33. The van der Waals surface area contributed by atoms with Crippen molar-refractivity contribution in [2.24, 2.45) is 0 Å². The van der Waals surface area contributed by atoms with Crippen LogP contribution in [0.1, 0.15) is 51.2 Å². The topological polar surface area (TPSA) is 29.5 Å². The summed E-state index contributed by atoms with van der Waals surface area (Å²) in [5, 5.41) is 0. The van der Waals surface area contributed by atoms with Crippen LogP contribution in [0.2, 0.25) is 0 Å². The summed E-state index contributed by atoms with van der Waals surface area (Å²) in [6.45, 7) is 4.85. The van der Waals surface area contributed by atoms with Gasteiger partial charge in [0.15, 0.2) is 0 Å². The predicted molar refractivity (Wildman–Crippen MR) is 76.0 cm³/mol. The fraction of sp³-hybridized carbons (Fsp3) is 0.562. The molecular weight excluding hydrogens is 238 g/mol. The van der Waals surface area contributed by atoms with Gasteiger partial charge in [-0.25, -0.2) is 4.79 Å². The van der Waals surface area contributed by atoms with Gasteiger partial charge in [-0.15, -0.1) is 0 Å². The number of fused-ring (bicyclic) bond motifs is 1. The number of hydrogen-bond acceptors (Lipinski definition) is 2. The average Bonchev–Trinajstić information content (AvgIpc) is 2.67. The lowest BCUT2D eigenvalue weighted by atomic mass is 9.98. The molecule has 19 heavy (non-hydrogen) atoms. The van der Waals surface area contributed by atoms with Gasteiger partial charge in [0, 0.05) is 6.54 Å². The molecule has 3 nitrogen and oxygen atoms in total. The molecule has 2 aliphatic rings. The Morgan fingerprint density at radius 2 is 1.84 bits per heavy atom. The first-order valence-corrected chi connectivity index (χ1v) is 7.38. The Morgan fingerprint density at radius 3 is 2.58 bits per heavy atom. The molecule has 0 radical (unpaired) electrons. The maximum Gasteiger partial charge on any atom is 0.410 e. The van der Waals surface area contributed by atoms with E-state index in [-0.39, 0.29) is 18.2 Å². The molecule has 2 heterocycles. The third kappa shape index (κ3) is 2.91. The van der Waals surface area contributed by atoms with Gasteiger partial charge in [-0.2, -0.15) is 0 Å². The zero-order valence-electron chi connectivity index (χ0n) is 11.8. The summed E-state index contributed by atoms with van der Waals surface area (Å²) in [6, 6.07) is 10.3. The van der Waals surface area contributed by atoms with Crippen LogP contribution in [0.4, 0.5) is 4.79 Å². The minimum absolute atomic E-state index is 0.0678. The van der Waals surface area contributed by atoms with Crippen molar-refractivity contribution in [3.8, 4) is 0 Å². The van der Waals surface area contributed by atoms with Crippen LogP contribution in [0.5, 0.6) is 0 Å². The van der Waals surface area contributed by atoms with Crippen LogP contribution < -0.4 is 0 Å². The summed E-state index contributed by atoms with van der Waals surface area (Å²) in [5.41, 5.74) is 1.12. The van der Waals surface area contributed by atoms with Crippen molar-refractivity contribution in [3.05, 3.63) is 35.9 Å². The monoisotopic (exact) mass is 261 g/mol. The van der Waals surface area contributed by atoms with E-state index in [4.69, 9.17) is 4.74 Å². The second kappa shape index (κ2) is 6.60. The van der Waals surface area contributed by atoms with Gasteiger partial charge in [-0.3, -0.25) is 0 Å². The number of hydrogen-bond donors (Lipinski definition) is 0. The molecule has 0 N–H and O–H groups in total. The molecule has 1 aromatic rings. The summed E-state index contributed by atoms with van der Waals surface area (Å²) in [4.78, 5) is 13.8. The van der Waals surface area contributed by atoms with Crippen molar-refractivity contribution < 1.29 is 9.53 Å². The highest BCUT2D eigenvalue weighted by Gasteiger charge is 2.42. The van der Waals surface area contributed by atoms with Gasteiger partial charge in [0.05, 0.1) is 6.04 Å². The Bertz CT molecular complexity index is 404. The van der Waals surface area contributed by atoms with Gasteiger partial charge in [0.25, 0.3) is 0 Å². The summed E-state index contributed by atoms with van der Waals surface area (Å²) in [5.74, 6) is 0. The largest absolute Gasteiger partial charge is 0.439 e. The molecule has 0 saturated carbocycles. The number of rotatable bonds is 1. The Morgan fingerprint density at radius 1 is 1.11 bits per heavy atom. The predicted octanol–water partition coefficient (Wildman–Crippen LogP) is 4.15. The Labute approximate surface area is 115 Å². The molecule has 1 aromatic carbocycles. The van der Waals surface area contributed by atoms with Gasteiger partial charge in [-0.1, -0.05) is 57.0 Å². The molecule has 0 aromatic heterocycles. The highest BCUT2D eigenvalue weighted by atomic mass is 16.6. The van der Waals surface area contributed by atoms with Gasteiger partial charge < -0.3 is 9.64 Å². The van der Waals surface area contributed by atoms with E-state index in [2.05, 4.69) is 0 Å². The summed E-state index contributed by atoms with van der Waals surface area (Å²) in [6.07, 6.45) is 4.38. The lowest BCUT2D eigenvalue weighted by Gasteiger charge is -2.21. The van der Waals surface area contributed by atoms with Crippen molar-refractivity contribution in [1.29, 1.82) is 0 Å². The zero-order valence-corrected chi connectivity index (χ0v) is 11.8. The van der Waals surface area contributed by atoms with E-state index in [1.54, 1.807) is 0 Å². The van der Waals surface area contributed by atoms with Crippen LogP contribution in [0.3, 0.4) is 0 Å². The number of nitrogens with zero attached hydrogens (tertiary/aromatic N) is 1. The van der Waals surface area contributed by atoms with Crippen molar-refractivity contribution in [2.45, 2.75) is 51.7 Å². The first-order chi connectivity index (χ1) is 9.36. The highest BCUT2D eigenvalue weighted by molar-refractivity contribution is 5.71. The van der Waals surface area contributed by atoms with Crippen LogP contribution in [0.25, 0.3) is 0 Å². The molecule has 0 bridgehead atoms. The summed E-state index contributed by atoms with van der Waals surface area (Å²) >= 11 is 0. The maximum atomic E-state index is 11.8. The van der Waals surface area contributed by atoms with Gasteiger partial charge in [0.1, 0.15) is 6.10 Å². The number of ether oxygens (including phenoxy) is 1. The minimum atomic E-state index is -0.134. The summed E-state index contributed by atoms with van der Waals surface area (Å²) < 4.78 is 5.54. The third-order valence-corrected chi connectivity index (χ3v) is 3.74. The second-order valence-electron chi connectivity index (χ2n) is 4.83. The zero-order chi connectivity index (χ0) is 13.7. The summed E-state index contributed by atoms with van der Waals surface area (Å²) in [7, 11) is 0. The molecule has 2 aliphatic heterocycles. The molecule has 1 amide bonds. The molecular formula is C16H23NO2. The molecule has 104 valence electrons. The number of carbonyl (C=O) groups is 1. The molecule has 2 unspecified atom stereocenters. The SMILES string of the molecule is CC.O=C1OC(c2ccccc2)C2CCCCCN12. The van der Waals surface area contributed by atoms with Crippen molar-refractivity contribution in [1.82, 2.24) is 4.90 Å². The first kappa shape index (κ1) is 13.9. The molecule has 2 atom stereocenters. The number of cyclic esters (lactones) is 1. The van der Waals surface area contributed by atoms with Crippen LogP contribution >= 0.6 is 0 Å². The van der Waals surface area contributed by atoms with Crippen LogP contribution in [-0.4, -0.2) is 23.6 Å². The maximum absolute atomic E-state index is 11.8. The molecule has 3 heteroatoms. The van der Waals surface area contributed by atoms with Crippen LogP contribution in [0.15, 0.2) is 30.3 Å². The standard InChI is InChI=1S/C14H17NO2.C2H6/c16-14-15-10-6-2-5-9-12(15)13(17-14)11-7-3-1-4-8-11;1-2/h1,3-4,7-8,12-13H,2,5-6,9-10H2;1-2H3. The molecule has 2 saturated heterocycles. The van der Waals surface area contributed by atoms with Gasteiger partial charge in [-0.05, 0) is 18.4 Å². The van der Waals surface area contributed by atoms with Gasteiger partial charge >= 0.3 is 6.09 Å². The van der Waals surface area contributed by atoms with E-state index in [0.29, 0.717) is 0 Å². The van der Waals surface area contributed by atoms with Crippen molar-refractivity contribution >= 4 is 6.09 Å². The number of benzene rings is 1. The van der Waals surface area contributed by atoms with E-state index in [9.17, 15) is 4.79 Å².